The van der Waals surface area contributed by atoms with E-state index in [2.05, 4.69) is 4.74 Å². The summed E-state index contributed by atoms with van der Waals surface area (Å²) in [5.74, 6) is -0.204. The zero-order valence-electron chi connectivity index (χ0n) is 11.6. The van der Waals surface area contributed by atoms with E-state index >= 15 is 0 Å². The molecule has 0 aliphatic carbocycles. The maximum Gasteiger partial charge on any atom is 0.573 e. The second-order valence-corrected chi connectivity index (χ2v) is 5.01. The lowest BCUT2D eigenvalue weighted by Crippen LogP contribution is -2.17. The van der Waals surface area contributed by atoms with Crippen molar-refractivity contribution in [3.05, 3.63) is 48.0 Å². The molecule has 2 aromatic carbocycles. The van der Waals surface area contributed by atoms with Gasteiger partial charge in [0.05, 0.1) is 0 Å². The highest BCUT2D eigenvalue weighted by Gasteiger charge is 2.32. The SMILES string of the molecule is CC(C)c1cccc(-c2cc(O)ccc2OC(F)(F)F)c1. The quantitative estimate of drug-likeness (QED) is 0.855. The lowest BCUT2D eigenvalue weighted by Gasteiger charge is -2.15. The predicted molar refractivity (Wildman–Crippen MR) is 74.3 cm³/mol. The van der Waals surface area contributed by atoms with Crippen LogP contribution in [-0.4, -0.2) is 11.5 Å². The molecule has 21 heavy (non-hydrogen) atoms. The maximum absolute atomic E-state index is 12.5. The highest BCUT2D eigenvalue weighted by molar-refractivity contribution is 5.72. The summed E-state index contributed by atoms with van der Waals surface area (Å²) >= 11 is 0. The molecule has 0 unspecified atom stereocenters. The summed E-state index contributed by atoms with van der Waals surface area (Å²) in [7, 11) is 0. The van der Waals surface area contributed by atoms with Gasteiger partial charge in [-0.05, 0) is 35.2 Å². The van der Waals surface area contributed by atoms with Gasteiger partial charge in [0.1, 0.15) is 11.5 Å². The number of rotatable bonds is 3. The molecule has 1 N–H and O–H groups in total. The summed E-state index contributed by atoms with van der Waals surface area (Å²) in [6, 6.07) is 10.7. The van der Waals surface area contributed by atoms with Gasteiger partial charge in [-0.25, -0.2) is 0 Å². The molecular weight excluding hydrogens is 281 g/mol. The Balaban J connectivity index is 2.51. The third-order valence-corrected chi connectivity index (χ3v) is 3.05. The molecule has 0 saturated heterocycles. The molecule has 0 amide bonds. The third kappa shape index (κ3) is 3.90. The monoisotopic (exact) mass is 296 g/mol. The summed E-state index contributed by atoms with van der Waals surface area (Å²) in [4.78, 5) is 0. The lowest BCUT2D eigenvalue weighted by molar-refractivity contribution is -0.274. The fraction of sp³-hybridized carbons (Fsp3) is 0.250. The molecule has 5 heteroatoms. The molecule has 0 aromatic heterocycles. The van der Waals surface area contributed by atoms with Gasteiger partial charge in [-0.3, -0.25) is 0 Å². The molecule has 0 spiro atoms. The Morgan fingerprint density at radius 2 is 1.76 bits per heavy atom. The van der Waals surface area contributed by atoms with Gasteiger partial charge < -0.3 is 9.84 Å². The smallest absolute Gasteiger partial charge is 0.508 e. The average molecular weight is 296 g/mol. The highest BCUT2D eigenvalue weighted by Crippen LogP contribution is 2.37. The predicted octanol–water partition coefficient (Wildman–Crippen LogP) is 5.08. The van der Waals surface area contributed by atoms with Crippen molar-refractivity contribution in [1.82, 2.24) is 0 Å². The minimum Gasteiger partial charge on any atom is -0.508 e. The summed E-state index contributed by atoms with van der Waals surface area (Å²) in [6.07, 6.45) is -4.78. The van der Waals surface area contributed by atoms with Crippen molar-refractivity contribution < 1.29 is 23.0 Å². The topological polar surface area (TPSA) is 29.5 Å². The van der Waals surface area contributed by atoms with E-state index in [1.54, 1.807) is 18.2 Å². The first kappa shape index (κ1) is 15.2. The largest absolute Gasteiger partial charge is 0.573 e. The normalized spacial score (nSPS) is 11.7. The Morgan fingerprint density at radius 1 is 1.05 bits per heavy atom. The molecule has 112 valence electrons. The van der Waals surface area contributed by atoms with Crippen molar-refractivity contribution in [2.24, 2.45) is 0 Å². The summed E-state index contributed by atoms with van der Waals surface area (Å²) < 4.78 is 41.4. The Kier molecular flexibility index (Phi) is 4.11. The first-order chi connectivity index (χ1) is 9.76. The average Bonchev–Trinajstić information content (AvgIpc) is 2.39. The Labute approximate surface area is 120 Å². The van der Waals surface area contributed by atoms with Crippen LogP contribution in [0.15, 0.2) is 42.5 Å². The van der Waals surface area contributed by atoms with Gasteiger partial charge in [0, 0.05) is 5.56 Å². The molecule has 2 aromatic rings. The molecule has 0 fully saturated rings. The molecular formula is C16H15F3O2. The molecule has 0 heterocycles. The number of phenols is 1. The Morgan fingerprint density at radius 3 is 2.38 bits per heavy atom. The molecule has 2 rings (SSSR count). The van der Waals surface area contributed by atoms with Gasteiger partial charge in [0.2, 0.25) is 0 Å². The van der Waals surface area contributed by atoms with Crippen LogP contribution in [0.3, 0.4) is 0 Å². The fourth-order valence-corrected chi connectivity index (χ4v) is 2.02. The van der Waals surface area contributed by atoms with Crippen LogP contribution < -0.4 is 4.74 Å². The molecule has 2 nitrogen and oxygen atoms in total. The van der Waals surface area contributed by atoms with Crippen molar-refractivity contribution in [1.29, 1.82) is 0 Å². The van der Waals surface area contributed by atoms with Gasteiger partial charge in [0.15, 0.2) is 0 Å². The molecule has 0 bridgehead atoms. The van der Waals surface area contributed by atoms with Gasteiger partial charge in [-0.2, -0.15) is 0 Å². The number of phenolic OH excluding ortho intramolecular Hbond substituents is 1. The number of alkyl halides is 3. The number of hydrogen-bond acceptors (Lipinski definition) is 2. The van der Waals surface area contributed by atoms with Crippen LogP contribution in [0.25, 0.3) is 11.1 Å². The zero-order valence-corrected chi connectivity index (χ0v) is 11.6. The third-order valence-electron chi connectivity index (χ3n) is 3.05. The van der Waals surface area contributed by atoms with Crippen LogP contribution in [-0.2, 0) is 0 Å². The van der Waals surface area contributed by atoms with Gasteiger partial charge >= 0.3 is 6.36 Å². The van der Waals surface area contributed by atoms with Crippen LogP contribution in [0.1, 0.15) is 25.3 Å². The van der Waals surface area contributed by atoms with E-state index in [9.17, 15) is 18.3 Å². The van der Waals surface area contributed by atoms with Gasteiger partial charge in [0.25, 0.3) is 0 Å². The maximum atomic E-state index is 12.5. The Bertz CT molecular complexity index is 634. The highest BCUT2D eigenvalue weighted by atomic mass is 19.4. The second kappa shape index (κ2) is 5.68. The van der Waals surface area contributed by atoms with E-state index in [-0.39, 0.29) is 23.0 Å². The van der Waals surface area contributed by atoms with Crippen LogP contribution in [0.4, 0.5) is 13.2 Å². The number of hydrogen-bond donors (Lipinski definition) is 1. The number of benzene rings is 2. The van der Waals surface area contributed by atoms with Crippen molar-refractivity contribution in [2.45, 2.75) is 26.1 Å². The number of aromatic hydroxyl groups is 1. The minimum atomic E-state index is -4.78. The van der Waals surface area contributed by atoms with Crippen molar-refractivity contribution in [3.8, 4) is 22.6 Å². The first-order valence-electron chi connectivity index (χ1n) is 6.45. The molecule has 0 aliphatic heterocycles. The van der Waals surface area contributed by atoms with E-state index < -0.39 is 6.36 Å². The number of halogens is 3. The first-order valence-corrected chi connectivity index (χ1v) is 6.45. The zero-order chi connectivity index (χ0) is 15.6. The summed E-state index contributed by atoms with van der Waals surface area (Å²) in [5.41, 5.74) is 1.76. The van der Waals surface area contributed by atoms with E-state index in [0.29, 0.717) is 5.56 Å². The minimum absolute atomic E-state index is 0.116. The molecule has 0 radical (unpaired) electrons. The van der Waals surface area contributed by atoms with Crippen molar-refractivity contribution in [3.63, 3.8) is 0 Å². The standard InChI is InChI=1S/C16H15F3O2/c1-10(2)11-4-3-5-12(8-11)14-9-13(20)6-7-15(14)21-16(17,18)19/h3-10,20H,1-2H3. The van der Waals surface area contributed by atoms with E-state index in [1.807, 2.05) is 19.9 Å². The Hall–Kier alpha value is -2.17. The molecule has 0 saturated carbocycles. The number of ether oxygens (including phenoxy) is 1. The second-order valence-electron chi connectivity index (χ2n) is 5.01. The van der Waals surface area contributed by atoms with Gasteiger partial charge in [-0.1, -0.05) is 38.1 Å². The van der Waals surface area contributed by atoms with Crippen LogP contribution in [0.2, 0.25) is 0 Å². The van der Waals surface area contributed by atoms with Crippen LogP contribution in [0, 0.1) is 0 Å². The van der Waals surface area contributed by atoms with Crippen LogP contribution in [0.5, 0.6) is 11.5 Å². The summed E-state index contributed by atoms with van der Waals surface area (Å²) in [5, 5.41) is 9.54. The van der Waals surface area contributed by atoms with Crippen molar-refractivity contribution in [2.75, 3.05) is 0 Å². The van der Waals surface area contributed by atoms with E-state index in [4.69, 9.17) is 0 Å². The fourth-order valence-electron chi connectivity index (χ4n) is 2.02. The molecule has 0 atom stereocenters. The van der Waals surface area contributed by atoms with Crippen LogP contribution >= 0.6 is 0 Å². The van der Waals surface area contributed by atoms with E-state index in [1.165, 1.54) is 6.07 Å². The van der Waals surface area contributed by atoms with Gasteiger partial charge in [-0.15, -0.1) is 13.2 Å². The van der Waals surface area contributed by atoms with E-state index in [0.717, 1.165) is 17.7 Å². The molecule has 0 aliphatic rings. The summed E-state index contributed by atoms with van der Waals surface area (Å²) in [6.45, 7) is 3.99. The van der Waals surface area contributed by atoms with Crippen molar-refractivity contribution >= 4 is 0 Å². The lowest BCUT2D eigenvalue weighted by atomic mass is 9.97.